The summed E-state index contributed by atoms with van der Waals surface area (Å²) in [5, 5.41) is 15.9. The molecule has 1 N–H and O–H groups in total. The van der Waals surface area contributed by atoms with Crippen LogP contribution in [0.2, 0.25) is 0 Å². The van der Waals surface area contributed by atoms with Crippen LogP contribution in [-0.4, -0.2) is 21.4 Å². The third-order valence-corrected chi connectivity index (χ3v) is 4.73. The molecule has 0 saturated heterocycles. The minimum atomic E-state index is -0.0917. The van der Waals surface area contributed by atoms with Crippen molar-refractivity contribution in [2.45, 2.75) is 17.7 Å². The van der Waals surface area contributed by atoms with E-state index >= 15 is 0 Å². The van der Waals surface area contributed by atoms with E-state index in [1.54, 1.807) is 22.6 Å². The smallest absolute Gasteiger partial charge is 0.228 e. The quantitative estimate of drug-likeness (QED) is 0.508. The fourth-order valence-electron chi connectivity index (χ4n) is 2.46. The van der Waals surface area contributed by atoms with E-state index < -0.39 is 0 Å². The number of thioether (sulfide) groups is 1. The predicted molar refractivity (Wildman–Crippen MR) is 103 cm³/mol. The molecule has 0 aliphatic rings. The van der Waals surface area contributed by atoms with E-state index in [1.807, 2.05) is 60.8 Å². The van der Waals surface area contributed by atoms with Crippen molar-refractivity contribution < 1.29 is 4.79 Å². The molecule has 0 aliphatic heterocycles. The fourth-order valence-corrected chi connectivity index (χ4v) is 3.32. The van der Waals surface area contributed by atoms with Gasteiger partial charge in [0.05, 0.1) is 30.1 Å². The molecular formula is C20H18N4OS. The second-order valence-electron chi connectivity index (χ2n) is 5.61. The second-order valence-corrected chi connectivity index (χ2v) is 6.74. The van der Waals surface area contributed by atoms with Crippen molar-refractivity contribution in [3.63, 3.8) is 0 Å². The number of nitrogens with one attached hydrogen (secondary N) is 1. The first-order chi connectivity index (χ1) is 12.8. The first-order valence-electron chi connectivity index (χ1n) is 8.24. The highest BCUT2D eigenvalue weighted by Gasteiger charge is 2.10. The highest BCUT2D eigenvalue weighted by molar-refractivity contribution is 7.99. The molecule has 1 heterocycles. The van der Waals surface area contributed by atoms with Gasteiger partial charge in [0.1, 0.15) is 0 Å². The number of benzene rings is 2. The van der Waals surface area contributed by atoms with Gasteiger partial charge >= 0.3 is 0 Å². The van der Waals surface area contributed by atoms with Crippen LogP contribution in [0.3, 0.4) is 0 Å². The Balaban J connectivity index is 1.63. The number of nitriles is 1. The summed E-state index contributed by atoms with van der Waals surface area (Å²) in [5.41, 5.74) is 2.58. The summed E-state index contributed by atoms with van der Waals surface area (Å²) in [6.07, 6.45) is 4.30. The van der Waals surface area contributed by atoms with Crippen molar-refractivity contribution in [2.75, 3.05) is 11.1 Å². The van der Waals surface area contributed by atoms with Crippen LogP contribution in [-0.2, 0) is 11.2 Å². The summed E-state index contributed by atoms with van der Waals surface area (Å²) < 4.78 is 1.76. The Kier molecular flexibility index (Phi) is 6.07. The highest BCUT2D eigenvalue weighted by atomic mass is 32.2. The van der Waals surface area contributed by atoms with Gasteiger partial charge in [-0.25, -0.2) is 4.68 Å². The van der Waals surface area contributed by atoms with Crippen LogP contribution < -0.4 is 5.32 Å². The standard InChI is InChI=1S/C20H18N4OS/c21-11-6-12-26-19-10-5-4-9-18(19)23-20(25)13-16-14-22-24(15-16)17-7-2-1-3-8-17/h1-5,7-10,14-15H,6,12-13H2,(H,23,25). The molecule has 0 aliphatic carbocycles. The fraction of sp³-hybridized carbons (Fsp3) is 0.150. The summed E-state index contributed by atoms with van der Waals surface area (Å²) in [6, 6.07) is 19.5. The zero-order valence-electron chi connectivity index (χ0n) is 14.1. The first kappa shape index (κ1) is 17.8. The lowest BCUT2D eigenvalue weighted by atomic mass is 10.2. The lowest BCUT2D eigenvalue weighted by Crippen LogP contribution is -2.14. The number of nitrogens with zero attached hydrogens (tertiary/aromatic N) is 3. The molecule has 3 rings (SSSR count). The van der Waals surface area contributed by atoms with Crippen LogP contribution in [0.1, 0.15) is 12.0 Å². The Morgan fingerprint density at radius 2 is 1.92 bits per heavy atom. The Morgan fingerprint density at radius 3 is 2.73 bits per heavy atom. The van der Waals surface area contributed by atoms with Gasteiger partial charge in [-0.05, 0) is 29.8 Å². The van der Waals surface area contributed by atoms with Crippen LogP contribution in [0.5, 0.6) is 0 Å². The predicted octanol–water partition coefficient (Wildman–Crippen LogP) is 4.06. The van der Waals surface area contributed by atoms with Gasteiger partial charge in [-0.2, -0.15) is 10.4 Å². The van der Waals surface area contributed by atoms with Crippen LogP contribution in [0.4, 0.5) is 5.69 Å². The normalized spacial score (nSPS) is 10.3. The topological polar surface area (TPSA) is 70.7 Å². The van der Waals surface area contributed by atoms with E-state index in [9.17, 15) is 4.79 Å². The van der Waals surface area contributed by atoms with Crippen LogP contribution in [0.25, 0.3) is 5.69 Å². The molecule has 2 aromatic carbocycles. The number of amides is 1. The van der Waals surface area contributed by atoms with Crippen molar-refractivity contribution in [3.8, 4) is 11.8 Å². The van der Waals surface area contributed by atoms with E-state index in [2.05, 4.69) is 16.5 Å². The average molecular weight is 362 g/mol. The van der Waals surface area contributed by atoms with Crippen LogP contribution in [0.15, 0.2) is 71.9 Å². The molecule has 0 bridgehead atoms. The zero-order valence-corrected chi connectivity index (χ0v) is 14.9. The summed E-state index contributed by atoms with van der Waals surface area (Å²) in [7, 11) is 0. The number of anilines is 1. The summed E-state index contributed by atoms with van der Waals surface area (Å²) in [5.74, 6) is 0.610. The van der Waals surface area contributed by atoms with Gasteiger partial charge in [0, 0.05) is 23.3 Å². The number of hydrogen-bond donors (Lipinski definition) is 1. The number of para-hydroxylation sites is 2. The number of aromatic nitrogens is 2. The zero-order chi connectivity index (χ0) is 18.2. The van der Waals surface area contributed by atoms with E-state index in [4.69, 9.17) is 5.26 Å². The molecule has 0 radical (unpaired) electrons. The summed E-state index contributed by atoms with van der Waals surface area (Å²) in [4.78, 5) is 13.4. The van der Waals surface area contributed by atoms with Gasteiger partial charge in [-0.15, -0.1) is 11.8 Å². The van der Waals surface area contributed by atoms with E-state index in [1.165, 1.54) is 0 Å². The first-order valence-corrected chi connectivity index (χ1v) is 9.22. The third-order valence-electron chi connectivity index (χ3n) is 3.65. The molecule has 1 amide bonds. The Labute approximate surface area is 156 Å². The molecule has 0 saturated carbocycles. The van der Waals surface area contributed by atoms with E-state index in [0.29, 0.717) is 12.2 Å². The maximum absolute atomic E-state index is 12.4. The third kappa shape index (κ3) is 4.74. The molecule has 6 heteroatoms. The Hall–Kier alpha value is -3.04. The number of carbonyl (C=O) groups is 1. The maximum atomic E-state index is 12.4. The second kappa shape index (κ2) is 8.88. The summed E-state index contributed by atoms with van der Waals surface area (Å²) in [6.45, 7) is 0. The highest BCUT2D eigenvalue weighted by Crippen LogP contribution is 2.27. The van der Waals surface area contributed by atoms with E-state index in [0.717, 1.165) is 21.8 Å². The lowest BCUT2D eigenvalue weighted by molar-refractivity contribution is -0.115. The lowest BCUT2D eigenvalue weighted by Gasteiger charge is -2.09. The van der Waals surface area contributed by atoms with Crippen LogP contribution in [0, 0.1) is 11.3 Å². The molecule has 1 aromatic heterocycles. The molecule has 0 spiro atoms. The Bertz CT molecular complexity index is 915. The monoisotopic (exact) mass is 362 g/mol. The number of carbonyl (C=O) groups excluding carboxylic acids is 1. The SMILES string of the molecule is N#CCCSc1ccccc1NC(=O)Cc1cnn(-c2ccccc2)c1. The van der Waals surface area contributed by atoms with E-state index in [-0.39, 0.29) is 12.3 Å². The van der Waals surface area contributed by atoms with Crippen molar-refractivity contribution in [3.05, 3.63) is 72.6 Å². The molecule has 0 fully saturated rings. The Morgan fingerprint density at radius 1 is 1.15 bits per heavy atom. The molecule has 5 nitrogen and oxygen atoms in total. The molecule has 130 valence electrons. The van der Waals surface area contributed by atoms with Crippen molar-refractivity contribution in [1.29, 1.82) is 5.26 Å². The van der Waals surface area contributed by atoms with Gasteiger partial charge in [0.25, 0.3) is 0 Å². The van der Waals surface area contributed by atoms with Gasteiger partial charge in [0.2, 0.25) is 5.91 Å². The maximum Gasteiger partial charge on any atom is 0.228 e. The van der Waals surface area contributed by atoms with Gasteiger partial charge in [-0.3, -0.25) is 4.79 Å². The van der Waals surface area contributed by atoms with Gasteiger partial charge in [0.15, 0.2) is 0 Å². The number of rotatable bonds is 7. The minimum Gasteiger partial charge on any atom is -0.325 e. The average Bonchev–Trinajstić information content (AvgIpc) is 3.12. The number of hydrogen-bond acceptors (Lipinski definition) is 4. The molecule has 26 heavy (non-hydrogen) atoms. The minimum absolute atomic E-state index is 0.0917. The van der Waals surface area contributed by atoms with Crippen molar-refractivity contribution in [1.82, 2.24) is 9.78 Å². The van der Waals surface area contributed by atoms with Crippen molar-refractivity contribution in [2.24, 2.45) is 0 Å². The molecule has 0 atom stereocenters. The molecular weight excluding hydrogens is 344 g/mol. The van der Waals surface area contributed by atoms with Crippen molar-refractivity contribution >= 4 is 23.4 Å². The molecule has 3 aromatic rings. The van der Waals surface area contributed by atoms with Crippen LogP contribution >= 0.6 is 11.8 Å². The van der Waals surface area contributed by atoms with Gasteiger partial charge < -0.3 is 5.32 Å². The molecule has 0 unspecified atom stereocenters. The van der Waals surface area contributed by atoms with Gasteiger partial charge in [-0.1, -0.05) is 30.3 Å². The summed E-state index contributed by atoms with van der Waals surface area (Å²) >= 11 is 1.57. The largest absolute Gasteiger partial charge is 0.325 e.